The lowest BCUT2D eigenvalue weighted by Crippen LogP contribution is -2.14. The Morgan fingerprint density at radius 2 is 1.84 bits per heavy atom. The minimum atomic E-state index is -0.835. The van der Waals surface area contributed by atoms with Gasteiger partial charge < -0.3 is 19.9 Å². The van der Waals surface area contributed by atoms with Crippen molar-refractivity contribution in [2.45, 2.75) is 19.3 Å². The van der Waals surface area contributed by atoms with Crippen LogP contribution in [0.4, 0.5) is 5.69 Å². The third-order valence-corrected chi connectivity index (χ3v) is 3.44. The standard InChI is InChI=1S/C19H21NO5/c1-24-17-5-2-4-14(12-17)13-18(21)20-15-7-9-16(10-8-15)25-11-3-6-19(22)23/h2,4-5,7-10,12H,3,6,11,13H2,1H3,(H,20,21)(H,22,23). The lowest BCUT2D eigenvalue weighted by molar-refractivity contribution is -0.137. The molecule has 0 bridgehead atoms. The highest BCUT2D eigenvalue weighted by Crippen LogP contribution is 2.17. The number of carbonyl (C=O) groups excluding carboxylic acids is 1. The summed E-state index contributed by atoms with van der Waals surface area (Å²) in [6.45, 7) is 0.341. The second-order valence-corrected chi connectivity index (χ2v) is 5.45. The first-order chi connectivity index (χ1) is 12.1. The van der Waals surface area contributed by atoms with Gasteiger partial charge in [-0.3, -0.25) is 9.59 Å². The van der Waals surface area contributed by atoms with Crippen LogP contribution in [0.5, 0.6) is 11.5 Å². The molecule has 2 N–H and O–H groups in total. The Labute approximate surface area is 146 Å². The molecular weight excluding hydrogens is 322 g/mol. The maximum absolute atomic E-state index is 12.1. The number of aliphatic carboxylic acids is 1. The zero-order chi connectivity index (χ0) is 18.1. The molecule has 0 spiro atoms. The summed E-state index contributed by atoms with van der Waals surface area (Å²) >= 11 is 0. The molecule has 2 rings (SSSR count). The van der Waals surface area contributed by atoms with Crippen LogP contribution in [0.2, 0.25) is 0 Å². The van der Waals surface area contributed by atoms with Gasteiger partial charge in [0.1, 0.15) is 11.5 Å². The Kier molecular flexibility index (Phi) is 6.83. The average Bonchev–Trinajstić information content (AvgIpc) is 2.60. The summed E-state index contributed by atoms with van der Waals surface area (Å²) < 4.78 is 10.6. The fourth-order valence-electron chi connectivity index (χ4n) is 2.22. The number of methoxy groups -OCH3 is 1. The number of carbonyl (C=O) groups is 2. The number of hydrogen-bond acceptors (Lipinski definition) is 4. The van der Waals surface area contributed by atoms with E-state index in [-0.39, 0.29) is 18.7 Å². The van der Waals surface area contributed by atoms with E-state index in [1.54, 1.807) is 31.4 Å². The highest BCUT2D eigenvalue weighted by Gasteiger charge is 2.06. The van der Waals surface area contributed by atoms with Crippen molar-refractivity contribution in [3.05, 3.63) is 54.1 Å². The maximum atomic E-state index is 12.1. The van der Waals surface area contributed by atoms with Gasteiger partial charge >= 0.3 is 5.97 Å². The Morgan fingerprint density at radius 1 is 1.08 bits per heavy atom. The van der Waals surface area contributed by atoms with E-state index in [1.165, 1.54) is 0 Å². The molecule has 0 aromatic heterocycles. The Balaban J connectivity index is 1.81. The fraction of sp³-hybridized carbons (Fsp3) is 0.263. The van der Waals surface area contributed by atoms with Gasteiger partial charge in [-0.25, -0.2) is 0 Å². The van der Waals surface area contributed by atoms with Crippen molar-refractivity contribution in [2.24, 2.45) is 0 Å². The van der Waals surface area contributed by atoms with Gasteiger partial charge in [-0.1, -0.05) is 12.1 Å². The summed E-state index contributed by atoms with van der Waals surface area (Å²) in [5.41, 5.74) is 1.54. The van der Waals surface area contributed by atoms with Gasteiger partial charge in [0.25, 0.3) is 0 Å². The smallest absolute Gasteiger partial charge is 0.303 e. The van der Waals surface area contributed by atoms with Crippen LogP contribution in [-0.4, -0.2) is 30.7 Å². The van der Waals surface area contributed by atoms with Crippen LogP contribution in [-0.2, 0) is 16.0 Å². The molecule has 0 unspecified atom stereocenters. The predicted octanol–water partition coefficient (Wildman–Crippen LogP) is 3.12. The van der Waals surface area contributed by atoms with Crippen molar-refractivity contribution in [3.63, 3.8) is 0 Å². The fourth-order valence-corrected chi connectivity index (χ4v) is 2.22. The molecule has 2 aromatic carbocycles. The lowest BCUT2D eigenvalue weighted by Gasteiger charge is -2.08. The molecule has 1 amide bonds. The molecule has 0 fully saturated rings. The lowest BCUT2D eigenvalue weighted by atomic mass is 10.1. The van der Waals surface area contributed by atoms with E-state index in [0.717, 1.165) is 11.3 Å². The third-order valence-electron chi connectivity index (χ3n) is 3.44. The molecule has 0 aliphatic heterocycles. The van der Waals surface area contributed by atoms with Gasteiger partial charge in [0, 0.05) is 12.1 Å². The van der Waals surface area contributed by atoms with E-state index in [9.17, 15) is 9.59 Å². The minimum Gasteiger partial charge on any atom is -0.497 e. The number of benzene rings is 2. The second kappa shape index (κ2) is 9.32. The third kappa shape index (κ3) is 6.55. The van der Waals surface area contributed by atoms with Gasteiger partial charge in [0.15, 0.2) is 0 Å². The zero-order valence-electron chi connectivity index (χ0n) is 14.0. The molecule has 0 saturated carbocycles. The summed E-state index contributed by atoms with van der Waals surface area (Å²) in [5, 5.41) is 11.4. The molecule has 6 nitrogen and oxygen atoms in total. The summed E-state index contributed by atoms with van der Waals surface area (Å²) in [6.07, 6.45) is 0.789. The van der Waals surface area contributed by atoms with Crippen LogP contribution in [0.3, 0.4) is 0 Å². The van der Waals surface area contributed by atoms with Gasteiger partial charge in [-0.2, -0.15) is 0 Å². The summed E-state index contributed by atoms with van der Waals surface area (Å²) in [6, 6.07) is 14.3. The summed E-state index contributed by atoms with van der Waals surface area (Å²) in [4.78, 5) is 22.5. The first kappa shape index (κ1) is 18.3. The minimum absolute atomic E-state index is 0.0818. The van der Waals surface area contributed by atoms with Crippen molar-refractivity contribution in [2.75, 3.05) is 19.0 Å². The van der Waals surface area contributed by atoms with Crippen molar-refractivity contribution in [1.82, 2.24) is 0 Å². The van der Waals surface area contributed by atoms with Gasteiger partial charge in [-0.15, -0.1) is 0 Å². The highest BCUT2D eigenvalue weighted by molar-refractivity contribution is 5.92. The molecule has 0 aliphatic rings. The quantitative estimate of drug-likeness (QED) is 0.683. The number of amides is 1. The van der Waals surface area contributed by atoms with Crippen LogP contribution in [0, 0.1) is 0 Å². The molecule has 0 heterocycles. The van der Waals surface area contributed by atoms with Gasteiger partial charge in [0.2, 0.25) is 5.91 Å². The number of ether oxygens (including phenoxy) is 2. The molecular formula is C19H21NO5. The Bertz CT molecular complexity index is 712. The molecule has 25 heavy (non-hydrogen) atoms. The number of hydrogen-bond donors (Lipinski definition) is 2. The van der Waals surface area contributed by atoms with Gasteiger partial charge in [-0.05, 0) is 48.4 Å². The molecule has 6 heteroatoms. The molecule has 0 atom stereocenters. The molecule has 0 aliphatic carbocycles. The first-order valence-electron chi connectivity index (χ1n) is 7.94. The topological polar surface area (TPSA) is 84.9 Å². The van der Waals surface area contributed by atoms with Crippen LogP contribution in [0.15, 0.2) is 48.5 Å². The number of anilines is 1. The number of carboxylic acids is 1. The maximum Gasteiger partial charge on any atom is 0.303 e. The summed E-state index contributed by atoms with van der Waals surface area (Å²) in [5.74, 6) is 0.395. The van der Waals surface area contributed by atoms with Gasteiger partial charge in [0.05, 0.1) is 20.1 Å². The normalized spacial score (nSPS) is 10.1. The van der Waals surface area contributed by atoms with E-state index >= 15 is 0 Å². The largest absolute Gasteiger partial charge is 0.497 e. The van der Waals surface area contributed by atoms with Crippen molar-refractivity contribution >= 4 is 17.6 Å². The second-order valence-electron chi connectivity index (χ2n) is 5.45. The van der Waals surface area contributed by atoms with Crippen LogP contribution >= 0.6 is 0 Å². The van der Waals surface area contributed by atoms with E-state index in [4.69, 9.17) is 14.6 Å². The number of rotatable bonds is 9. The first-order valence-corrected chi connectivity index (χ1v) is 7.94. The van der Waals surface area contributed by atoms with E-state index in [0.29, 0.717) is 24.5 Å². The Hall–Kier alpha value is -3.02. The average molecular weight is 343 g/mol. The van der Waals surface area contributed by atoms with Crippen LogP contribution < -0.4 is 14.8 Å². The number of nitrogens with one attached hydrogen (secondary N) is 1. The molecule has 0 radical (unpaired) electrons. The predicted molar refractivity (Wildman–Crippen MR) is 94.1 cm³/mol. The molecule has 0 saturated heterocycles. The molecule has 132 valence electrons. The van der Waals surface area contributed by atoms with E-state index in [2.05, 4.69) is 5.32 Å². The van der Waals surface area contributed by atoms with E-state index in [1.807, 2.05) is 24.3 Å². The van der Waals surface area contributed by atoms with E-state index < -0.39 is 5.97 Å². The monoisotopic (exact) mass is 343 g/mol. The van der Waals surface area contributed by atoms with Crippen molar-refractivity contribution < 1.29 is 24.2 Å². The summed E-state index contributed by atoms with van der Waals surface area (Å²) in [7, 11) is 1.59. The van der Waals surface area contributed by atoms with Crippen LogP contribution in [0.1, 0.15) is 18.4 Å². The zero-order valence-corrected chi connectivity index (χ0v) is 14.0. The SMILES string of the molecule is COc1cccc(CC(=O)Nc2ccc(OCCCC(=O)O)cc2)c1. The highest BCUT2D eigenvalue weighted by atomic mass is 16.5. The molecule has 2 aromatic rings. The van der Waals surface area contributed by atoms with Crippen LogP contribution in [0.25, 0.3) is 0 Å². The van der Waals surface area contributed by atoms with Crippen molar-refractivity contribution in [3.8, 4) is 11.5 Å². The number of carboxylic acid groups (broad SMARTS) is 1. The van der Waals surface area contributed by atoms with Crippen molar-refractivity contribution in [1.29, 1.82) is 0 Å². The Morgan fingerprint density at radius 3 is 2.52 bits per heavy atom.